The summed E-state index contributed by atoms with van der Waals surface area (Å²) in [6, 6.07) is -0.630. The highest BCUT2D eigenvalue weighted by atomic mass is 16.3. The molecule has 0 rings (SSSR count). The van der Waals surface area contributed by atoms with Gasteiger partial charge in [-0.05, 0) is 89.9 Å². The van der Waals surface area contributed by atoms with E-state index < -0.39 is 12.1 Å². The van der Waals surface area contributed by atoms with Crippen molar-refractivity contribution < 1.29 is 15.0 Å². The molecule has 0 aromatic carbocycles. The van der Waals surface area contributed by atoms with Crippen molar-refractivity contribution in [2.24, 2.45) is 0 Å². The lowest BCUT2D eigenvalue weighted by Gasteiger charge is -2.20. The zero-order valence-electron chi connectivity index (χ0n) is 36.1. The van der Waals surface area contributed by atoms with E-state index in [4.69, 9.17) is 0 Å². The van der Waals surface area contributed by atoms with Crippen LogP contribution in [0.1, 0.15) is 181 Å². The van der Waals surface area contributed by atoms with Crippen LogP contribution in [0.5, 0.6) is 0 Å². The third-order valence-electron chi connectivity index (χ3n) is 9.45. The van der Waals surface area contributed by atoms with E-state index >= 15 is 0 Å². The molecule has 4 heteroatoms. The maximum absolute atomic E-state index is 12.3. The van der Waals surface area contributed by atoms with Crippen LogP contribution in [0.3, 0.4) is 0 Å². The molecule has 0 aliphatic rings. The summed E-state index contributed by atoms with van der Waals surface area (Å²) in [5.41, 5.74) is 0. The predicted molar refractivity (Wildman–Crippen MR) is 248 cm³/mol. The molecule has 1 amide bonds. The van der Waals surface area contributed by atoms with E-state index in [2.05, 4.69) is 129 Å². The van der Waals surface area contributed by atoms with Gasteiger partial charge in [-0.15, -0.1) is 0 Å². The van der Waals surface area contributed by atoms with Crippen LogP contribution in [0, 0.1) is 0 Å². The van der Waals surface area contributed by atoms with Gasteiger partial charge in [0.1, 0.15) is 0 Å². The Labute approximate surface area is 346 Å². The highest BCUT2D eigenvalue weighted by molar-refractivity contribution is 5.76. The van der Waals surface area contributed by atoms with Crippen LogP contribution in [0.2, 0.25) is 0 Å². The fourth-order valence-corrected chi connectivity index (χ4v) is 5.99. The predicted octanol–water partition coefficient (Wildman–Crippen LogP) is 14.6. The number of aliphatic hydroxyl groups excluding tert-OH is 2. The second kappa shape index (κ2) is 46.2. The molecule has 56 heavy (non-hydrogen) atoms. The number of aliphatic hydroxyl groups is 2. The number of carbonyl (C=O) groups is 1. The molecule has 2 atom stereocenters. The first kappa shape index (κ1) is 52.8. The third kappa shape index (κ3) is 41.9. The van der Waals surface area contributed by atoms with E-state index in [0.29, 0.717) is 6.42 Å². The standard InChI is InChI=1S/C52H85NO3/c1-3-5-7-9-11-12-13-14-15-16-17-18-19-20-21-22-23-24-25-26-27-28-29-30-31-32-33-34-35-36-37-38-39-40-42-44-46-48-52(56)53-50(49-54)51(55)47-45-43-41-10-8-6-4-2/h5,7,11-12,14-15,17-18,20-21,23-24,26-27,29-30,32-33,45,47,50-51,54-55H,3-4,6,8-10,13,16,19,22,25,28,31,34-44,46,48-49H2,1-2H3,(H,53,56)/b7-5-,12-11-,15-14-,18-17-,21-20-,24-23-,27-26-,30-29-,33-32-,47-45+. The molecule has 0 fully saturated rings. The topological polar surface area (TPSA) is 69.6 Å². The van der Waals surface area contributed by atoms with Crippen LogP contribution in [-0.4, -0.2) is 34.9 Å². The van der Waals surface area contributed by atoms with Crippen molar-refractivity contribution in [3.05, 3.63) is 122 Å². The monoisotopic (exact) mass is 772 g/mol. The molecule has 0 heterocycles. The normalized spacial score (nSPS) is 14.1. The number of hydrogen-bond acceptors (Lipinski definition) is 3. The molecule has 0 aromatic heterocycles. The summed E-state index contributed by atoms with van der Waals surface area (Å²) in [5, 5.41) is 22.8. The summed E-state index contributed by atoms with van der Waals surface area (Å²) in [5.74, 6) is -0.0818. The van der Waals surface area contributed by atoms with Gasteiger partial charge in [0.2, 0.25) is 5.91 Å². The highest BCUT2D eigenvalue weighted by Crippen LogP contribution is 2.12. The first-order chi connectivity index (χ1) is 27.7. The SMILES string of the molecule is CC/C=C\C/C=C\C/C=C\C/C=C\C/C=C\C/C=C\C/C=C\C/C=C\C/C=C\CCCCCCCCCCCC(=O)NC(CO)C(O)/C=C/CCCCCCC. The van der Waals surface area contributed by atoms with Gasteiger partial charge in [-0.3, -0.25) is 4.79 Å². The molecule has 3 N–H and O–H groups in total. The highest BCUT2D eigenvalue weighted by Gasteiger charge is 2.17. The molecule has 0 spiro atoms. The average molecular weight is 772 g/mol. The Hall–Kier alpha value is -3.21. The van der Waals surface area contributed by atoms with Gasteiger partial charge in [-0.2, -0.15) is 0 Å². The van der Waals surface area contributed by atoms with Gasteiger partial charge in [0.15, 0.2) is 0 Å². The van der Waals surface area contributed by atoms with Crippen LogP contribution in [0.4, 0.5) is 0 Å². The van der Waals surface area contributed by atoms with E-state index in [0.717, 1.165) is 89.9 Å². The van der Waals surface area contributed by atoms with Crippen LogP contribution in [0.15, 0.2) is 122 Å². The van der Waals surface area contributed by atoms with Crippen LogP contribution < -0.4 is 5.32 Å². The lowest BCUT2D eigenvalue weighted by Crippen LogP contribution is -2.45. The molecular weight excluding hydrogens is 687 g/mol. The van der Waals surface area contributed by atoms with Gasteiger partial charge < -0.3 is 15.5 Å². The van der Waals surface area contributed by atoms with E-state index in [9.17, 15) is 15.0 Å². The molecule has 0 aliphatic heterocycles. The summed E-state index contributed by atoms with van der Waals surface area (Å²) >= 11 is 0. The Kier molecular flexibility index (Phi) is 43.5. The minimum absolute atomic E-state index is 0.0818. The molecule has 2 unspecified atom stereocenters. The Morgan fingerprint density at radius 1 is 0.446 bits per heavy atom. The molecule has 316 valence electrons. The largest absolute Gasteiger partial charge is 0.394 e. The smallest absolute Gasteiger partial charge is 0.220 e. The van der Waals surface area contributed by atoms with Gasteiger partial charge in [0.05, 0.1) is 18.8 Å². The number of hydrogen-bond donors (Lipinski definition) is 3. The Morgan fingerprint density at radius 2 is 0.786 bits per heavy atom. The maximum atomic E-state index is 12.3. The Balaban J connectivity index is 3.61. The van der Waals surface area contributed by atoms with Gasteiger partial charge in [0, 0.05) is 6.42 Å². The van der Waals surface area contributed by atoms with Crippen molar-refractivity contribution in [2.75, 3.05) is 6.61 Å². The molecule has 0 saturated carbocycles. The number of carbonyl (C=O) groups excluding carboxylic acids is 1. The fourth-order valence-electron chi connectivity index (χ4n) is 5.99. The molecule has 0 radical (unpaired) electrons. The first-order valence-corrected chi connectivity index (χ1v) is 22.7. The van der Waals surface area contributed by atoms with Crippen molar-refractivity contribution in [3.63, 3.8) is 0 Å². The number of amides is 1. The van der Waals surface area contributed by atoms with Crippen molar-refractivity contribution >= 4 is 5.91 Å². The maximum Gasteiger partial charge on any atom is 0.220 e. The average Bonchev–Trinajstić information content (AvgIpc) is 3.20. The van der Waals surface area contributed by atoms with Crippen LogP contribution >= 0.6 is 0 Å². The third-order valence-corrected chi connectivity index (χ3v) is 9.45. The quantitative estimate of drug-likeness (QED) is 0.0430. The number of unbranched alkanes of at least 4 members (excludes halogenated alkanes) is 14. The van der Waals surface area contributed by atoms with Crippen molar-refractivity contribution in [1.29, 1.82) is 0 Å². The van der Waals surface area contributed by atoms with Crippen molar-refractivity contribution in [2.45, 2.75) is 193 Å². The van der Waals surface area contributed by atoms with Gasteiger partial charge in [0.25, 0.3) is 0 Å². The van der Waals surface area contributed by atoms with E-state index in [1.54, 1.807) is 6.08 Å². The van der Waals surface area contributed by atoms with Crippen LogP contribution in [-0.2, 0) is 4.79 Å². The molecule has 0 saturated heterocycles. The summed E-state index contributed by atoms with van der Waals surface area (Å²) < 4.78 is 0. The first-order valence-electron chi connectivity index (χ1n) is 22.7. The van der Waals surface area contributed by atoms with E-state index in [1.807, 2.05) is 6.08 Å². The lowest BCUT2D eigenvalue weighted by atomic mass is 10.1. The molecule has 4 nitrogen and oxygen atoms in total. The summed E-state index contributed by atoms with van der Waals surface area (Å²) in [7, 11) is 0. The second-order valence-electron chi connectivity index (χ2n) is 14.7. The van der Waals surface area contributed by atoms with Gasteiger partial charge >= 0.3 is 0 Å². The lowest BCUT2D eigenvalue weighted by molar-refractivity contribution is -0.123. The van der Waals surface area contributed by atoms with Crippen molar-refractivity contribution in [1.82, 2.24) is 5.32 Å². The van der Waals surface area contributed by atoms with E-state index in [1.165, 1.54) is 70.6 Å². The number of rotatable bonds is 39. The summed E-state index contributed by atoms with van der Waals surface area (Å²) in [6.07, 6.45) is 71.9. The summed E-state index contributed by atoms with van der Waals surface area (Å²) in [4.78, 5) is 12.3. The van der Waals surface area contributed by atoms with E-state index in [-0.39, 0.29) is 12.5 Å². The second-order valence-corrected chi connectivity index (χ2v) is 14.7. The van der Waals surface area contributed by atoms with Gasteiger partial charge in [-0.25, -0.2) is 0 Å². The number of allylic oxidation sites excluding steroid dienone is 19. The minimum Gasteiger partial charge on any atom is -0.394 e. The summed E-state index contributed by atoms with van der Waals surface area (Å²) in [6.45, 7) is 4.12. The molecule has 0 aliphatic carbocycles. The fraction of sp³-hybridized carbons (Fsp3) is 0.596. The molecular formula is C52H85NO3. The Morgan fingerprint density at radius 3 is 1.18 bits per heavy atom. The molecule has 0 bridgehead atoms. The Bertz CT molecular complexity index is 1150. The van der Waals surface area contributed by atoms with Crippen molar-refractivity contribution in [3.8, 4) is 0 Å². The number of nitrogens with one attached hydrogen (secondary N) is 1. The molecule has 0 aromatic rings. The zero-order valence-corrected chi connectivity index (χ0v) is 36.1. The van der Waals surface area contributed by atoms with Crippen LogP contribution in [0.25, 0.3) is 0 Å². The minimum atomic E-state index is -0.845. The van der Waals surface area contributed by atoms with Gasteiger partial charge in [-0.1, -0.05) is 206 Å². The zero-order chi connectivity index (χ0) is 40.7.